The first-order chi connectivity index (χ1) is 10.1. The minimum atomic E-state index is -0.414. The maximum absolute atomic E-state index is 11.3. The van der Waals surface area contributed by atoms with E-state index in [1.807, 2.05) is 31.2 Å². The predicted octanol–water partition coefficient (Wildman–Crippen LogP) is 3.91. The standard InChI is InChI=1S/C16H18N2O3/c1-3-21-15-6-4-5-14(16(15)18(19)20)17-11-13-9-7-12(2)8-10-13/h4-10,17H,3,11H2,1-2H3. The Hall–Kier alpha value is -2.56. The predicted molar refractivity (Wildman–Crippen MR) is 82.8 cm³/mol. The normalized spacial score (nSPS) is 10.2. The molecule has 5 heteroatoms. The van der Waals surface area contributed by atoms with Crippen molar-refractivity contribution < 1.29 is 9.66 Å². The summed E-state index contributed by atoms with van der Waals surface area (Å²) in [6.45, 7) is 4.74. The highest BCUT2D eigenvalue weighted by Gasteiger charge is 2.20. The third kappa shape index (κ3) is 3.72. The summed E-state index contributed by atoms with van der Waals surface area (Å²) >= 11 is 0. The Morgan fingerprint density at radius 3 is 2.52 bits per heavy atom. The number of para-hydroxylation sites is 1. The number of nitro groups is 1. The summed E-state index contributed by atoms with van der Waals surface area (Å²) in [4.78, 5) is 10.8. The van der Waals surface area contributed by atoms with Gasteiger partial charge >= 0.3 is 5.69 Å². The van der Waals surface area contributed by atoms with Crippen LogP contribution in [0.5, 0.6) is 5.75 Å². The molecule has 0 unspecified atom stereocenters. The topological polar surface area (TPSA) is 64.4 Å². The number of nitrogens with one attached hydrogen (secondary N) is 1. The molecule has 0 fully saturated rings. The van der Waals surface area contributed by atoms with Gasteiger partial charge in [-0.05, 0) is 31.5 Å². The van der Waals surface area contributed by atoms with E-state index in [1.54, 1.807) is 25.1 Å². The third-order valence-corrected chi connectivity index (χ3v) is 3.08. The van der Waals surface area contributed by atoms with Crippen LogP contribution in [0.2, 0.25) is 0 Å². The zero-order chi connectivity index (χ0) is 15.2. The zero-order valence-electron chi connectivity index (χ0n) is 12.1. The molecule has 0 aliphatic rings. The lowest BCUT2D eigenvalue weighted by molar-refractivity contribution is -0.384. The van der Waals surface area contributed by atoms with Gasteiger partial charge in [0.1, 0.15) is 5.69 Å². The molecule has 0 aliphatic heterocycles. The molecule has 21 heavy (non-hydrogen) atoms. The quantitative estimate of drug-likeness (QED) is 0.646. The Bertz CT molecular complexity index is 624. The van der Waals surface area contributed by atoms with Gasteiger partial charge in [0, 0.05) is 6.54 Å². The molecule has 0 saturated heterocycles. The highest BCUT2D eigenvalue weighted by atomic mass is 16.6. The van der Waals surface area contributed by atoms with Crippen LogP contribution >= 0.6 is 0 Å². The molecule has 110 valence electrons. The summed E-state index contributed by atoms with van der Waals surface area (Å²) in [5, 5.41) is 14.4. The van der Waals surface area contributed by atoms with Crippen molar-refractivity contribution in [1.82, 2.24) is 0 Å². The number of hydrogen-bond donors (Lipinski definition) is 1. The van der Waals surface area contributed by atoms with Gasteiger partial charge in [-0.25, -0.2) is 0 Å². The zero-order valence-corrected chi connectivity index (χ0v) is 12.1. The van der Waals surface area contributed by atoms with Crippen molar-refractivity contribution in [2.24, 2.45) is 0 Å². The molecule has 0 radical (unpaired) electrons. The van der Waals surface area contributed by atoms with Gasteiger partial charge in [-0.3, -0.25) is 10.1 Å². The first-order valence-corrected chi connectivity index (χ1v) is 6.81. The fourth-order valence-corrected chi connectivity index (χ4v) is 2.03. The van der Waals surface area contributed by atoms with Gasteiger partial charge in [-0.15, -0.1) is 0 Å². The van der Waals surface area contributed by atoms with Crippen molar-refractivity contribution in [3.8, 4) is 5.75 Å². The second kappa shape index (κ2) is 6.74. The summed E-state index contributed by atoms with van der Waals surface area (Å²) in [7, 11) is 0. The van der Waals surface area contributed by atoms with Crippen molar-refractivity contribution in [1.29, 1.82) is 0 Å². The Kier molecular flexibility index (Phi) is 4.77. The van der Waals surface area contributed by atoms with E-state index >= 15 is 0 Å². The molecule has 5 nitrogen and oxygen atoms in total. The van der Waals surface area contributed by atoms with E-state index in [1.165, 1.54) is 5.56 Å². The van der Waals surface area contributed by atoms with Gasteiger partial charge in [-0.1, -0.05) is 35.9 Å². The molecule has 0 bridgehead atoms. The van der Waals surface area contributed by atoms with Crippen LogP contribution in [-0.4, -0.2) is 11.5 Å². The monoisotopic (exact) mass is 286 g/mol. The molecule has 2 rings (SSSR count). The average Bonchev–Trinajstić information content (AvgIpc) is 2.47. The number of hydrogen-bond acceptors (Lipinski definition) is 4. The number of rotatable bonds is 6. The fourth-order valence-electron chi connectivity index (χ4n) is 2.03. The van der Waals surface area contributed by atoms with E-state index < -0.39 is 4.92 Å². The summed E-state index contributed by atoms with van der Waals surface area (Å²) in [5.41, 5.74) is 2.69. The highest BCUT2D eigenvalue weighted by Crippen LogP contribution is 2.34. The summed E-state index contributed by atoms with van der Waals surface area (Å²) in [6, 6.07) is 13.1. The van der Waals surface area contributed by atoms with E-state index in [-0.39, 0.29) is 11.4 Å². The Morgan fingerprint density at radius 2 is 1.90 bits per heavy atom. The maximum Gasteiger partial charge on any atom is 0.333 e. The van der Waals surface area contributed by atoms with Crippen molar-refractivity contribution in [3.63, 3.8) is 0 Å². The molecule has 0 aliphatic carbocycles. The number of aryl methyl sites for hydroxylation is 1. The van der Waals surface area contributed by atoms with Crippen LogP contribution in [0.15, 0.2) is 42.5 Å². The molecule has 2 aromatic carbocycles. The number of benzene rings is 2. The van der Waals surface area contributed by atoms with Crippen LogP contribution < -0.4 is 10.1 Å². The van der Waals surface area contributed by atoms with Crippen LogP contribution in [0.3, 0.4) is 0 Å². The van der Waals surface area contributed by atoms with Gasteiger partial charge in [0.15, 0.2) is 5.75 Å². The number of anilines is 1. The molecule has 0 spiro atoms. The molecule has 0 heterocycles. The lowest BCUT2D eigenvalue weighted by atomic mass is 10.1. The van der Waals surface area contributed by atoms with Crippen LogP contribution in [0.1, 0.15) is 18.1 Å². The van der Waals surface area contributed by atoms with Crippen LogP contribution in [0.4, 0.5) is 11.4 Å². The first kappa shape index (κ1) is 14.8. The molecule has 0 amide bonds. The van der Waals surface area contributed by atoms with Gasteiger partial charge in [0.05, 0.1) is 11.5 Å². The van der Waals surface area contributed by atoms with Crippen molar-refractivity contribution in [3.05, 3.63) is 63.7 Å². The molecular formula is C16H18N2O3. The second-order valence-electron chi connectivity index (χ2n) is 4.68. The maximum atomic E-state index is 11.3. The third-order valence-electron chi connectivity index (χ3n) is 3.08. The lowest BCUT2D eigenvalue weighted by Crippen LogP contribution is -2.05. The number of nitrogens with zero attached hydrogens (tertiary/aromatic N) is 1. The minimum Gasteiger partial charge on any atom is -0.487 e. The Labute approximate surface area is 123 Å². The molecule has 0 saturated carbocycles. The van der Waals surface area contributed by atoms with E-state index in [4.69, 9.17) is 4.74 Å². The number of ether oxygens (including phenoxy) is 1. The largest absolute Gasteiger partial charge is 0.487 e. The van der Waals surface area contributed by atoms with Gasteiger partial charge in [0.2, 0.25) is 0 Å². The molecular weight excluding hydrogens is 268 g/mol. The molecule has 1 N–H and O–H groups in total. The van der Waals surface area contributed by atoms with Crippen molar-refractivity contribution >= 4 is 11.4 Å². The van der Waals surface area contributed by atoms with Crippen molar-refractivity contribution in [2.45, 2.75) is 20.4 Å². The Morgan fingerprint density at radius 1 is 1.19 bits per heavy atom. The smallest absolute Gasteiger partial charge is 0.333 e. The fraction of sp³-hybridized carbons (Fsp3) is 0.250. The first-order valence-electron chi connectivity index (χ1n) is 6.81. The summed E-state index contributed by atoms with van der Waals surface area (Å²) in [6.07, 6.45) is 0. The van der Waals surface area contributed by atoms with Crippen molar-refractivity contribution in [2.75, 3.05) is 11.9 Å². The average molecular weight is 286 g/mol. The van der Waals surface area contributed by atoms with Gasteiger partial charge in [0.25, 0.3) is 0 Å². The van der Waals surface area contributed by atoms with Gasteiger partial charge < -0.3 is 10.1 Å². The number of nitro benzene ring substituents is 1. The van der Waals surface area contributed by atoms with E-state index in [2.05, 4.69) is 5.32 Å². The Balaban J connectivity index is 2.21. The van der Waals surface area contributed by atoms with E-state index in [0.29, 0.717) is 18.8 Å². The second-order valence-corrected chi connectivity index (χ2v) is 4.68. The van der Waals surface area contributed by atoms with Crippen LogP contribution in [0, 0.1) is 17.0 Å². The summed E-state index contributed by atoms with van der Waals surface area (Å²) in [5.74, 6) is 0.288. The van der Waals surface area contributed by atoms with Crippen LogP contribution in [0.25, 0.3) is 0 Å². The van der Waals surface area contributed by atoms with E-state index in [9.17, 15) is 10.1 Å². The highest BCUT2D eigenvalue weighted by molar-refractivity contribution is 5.68. The van der Waals surface area contributed by atoms with Gasteiger partial charge in [-0.2, -0.15) is 0 Å². The molecule has 0 atom stereocenters. The summed E-state index contributed by atoms with van der Waals surface area (Å²) < 4.78 is 5.33. The molecule has 0 aromatic heterocycles. The molecule has 2 aromatic rings. The lowest BCUT2D eigenvalue weighted by Gasteiger charge is -2.10. The van der Waals surface area contributed by atoms with E-state index in [0.717, 1.165) is 5.56 Å². The minimum absolute atomic E-state index is 0.0218. The SMILES string of the molecule is CCOc1cccc(NCc2ccc(C)cc2)c1[N+](=O)[O-]. The van der Waals surface area contributed by atoms with Crippen LogP contribution in [-0.2, 0) is 6.54 Å².